The highest BCUT2D eigenvalue weighted by Gasteiger charge is 2.26. The van der Waals surface area contributed by atoms with Crippen molar-refractivity contribution in [2.45, 2.75) is 13.3 Å². The zero-order valence-corrected chi connectivity index (χ0v) is 36.2. The number of amidine groups is 1. The number of nitrogens with zero attached hydrogens (tertiary/aromatic N) is 4. The first-order valence-corrected chi connectivity index (χ1v) is 23.1. The number of aliphatic imine (C=N–C) groups is 2. The first-order valence-electron chi connectivity index (χ1n) is 22.3. The Hall–Kier alpha value is -8.06. The Balaban J connectivity index is 1.08. The quantitative estimate of drug-likeness (QED) is 0.175. The molecular weight excluding hydrogens is 813 g/mol. The lowest BCUT2D eigenvalue weighted by atomic mass is 9.99. The molecule has 1 aliphatic heterocycles. The fraction of sp³-hybridized carbons (Fsp3) is 0.0508. The van der Waals surface area contributed by atoms with Crippen molar-refractivity contribution in [1.29, 1.82) is 0 Å². The summed E-state index contributed by atoms with van der Waals surface area (Å²) in [6.45, 7) is 2.31. The van der Waals surface area contributed by atoms with Crippen LogP contribution in [0.5, 0.6) is 0 Å². The number of rotatable bonds is 3. The maximum atomic E-state index is 6.68. The van der Waals surface area contributed by atoms with E-state index in [9.17, 15) is 0 Å². The smallest absolute Gasteiger partial charge is 0.161 e. The number of hydrogen-bond donors (Lipinski definition) is 0. The lowest BCUT2D eigenvalue weighted by Crippen LogP contribution is -2.23. The van der Waals surface area contributed by atoms with Crippen LogP contribution >= 0.6 is 11.3 Å². The average molecular weight is 851 g/mol. The summed E-state index contributed by atoms with van der Waals surface area (Å²) in [5.41, 5.74) is 10.1. The van der Waals surface area contributed by atoms with E-state index >= 15 is 0 Å². The molecule has 0 saturated heterocycles. The number of thiophene rings is 1. The van der Waals surface area contributed by atoms with Crippen molar-refractivity contribution in [2.75, 3.05) is 0 Å². The summed E-state index contributed by atoms with van der Waals surface area (Å²) < 4.78 is 14.0. The van der Waals surface area contributed by atoms with Crippen LogP contribution in [0.4, 0.5) is 0 Å². The third-order valence-electron chi connectivity index (χ3n) is 13.5. The minimum Gasteiger partial charge on any atom is -0.456 e. The van der Waals surface area contributed by atoms with Gasteiger partial charge in [0.25, 0.3) is 0 Å². The van der Waals surface area contributed by atoms with Crippen LogP contribution in [0.15, 0.2) is 209 Å². The first kappa shape index (κ1) is 36.4. The molecule has 5 nitrogen and oxygen atoms in total. The second-order valence-corrected chi connectivity index (χ2v) is 18.4. The molecule has 1 unspecified atom stereocenters. The number of hydrogen-bond acceptors (Lipinski definition) is 4. The molecule has 0 spiro atoms. The third kappa shape index (κ3) is 5.51. The van der Waals surface area contributed by atoms with Gasteiger partial charge in [-0.15, -0.1) is 11.3 Å². The van der Waals surface area contributed by atoms with Crippen LogP contribution in [-0.2, 0) is 0 Å². The average Bonchev–Trinajstić information content (AvgIpc) is 4.09. The minimum atomic E-state index is 0.0296. The van der Waals surface area contributed by atoms with Gasteiger partial charge in [0, 0.05) is 75.6 Å². The SMILES string of the molecule is CC1C/C=C(\c2cc3c(cc2-n2c4ccccc4c4cc5ccccc5cc42)oc2ccccc23)N=C(c2ccc3sc4ccccc4c3c2)N=C1n1c2ccccc2c2ccccc21. The lowest BCUT2D eigenvalue weighted by molar-refractivity contribution is 0.668. The molecule has 14 rings (SSSR count). The molecule has 1 atom stereocenters. The van der Waals surface area contributed by atoms with Crippen molar-refractivity contribution in [3.05, 3.63) is 205 Å². The van der Waals surface area contributed by atoms with Crippen molar-refractivity contribution in [3.8, 4) is 5.69 Å². The Morgan fingerprint density at radius 1 is 0.477 bits per heavy atom. The predicted molar refractivity (Wildman–Crippen MR) is 275 cm³/mol. The molecule has 0 saturated carbocycles. The molecule has 0 aliphatic carbocycles. The maximum Gasteiger partial charge on any atom is 0.161 e. The number of benzene rings is 9. The summed E-state index contributed by atoms with van der Waals surface area (Å²) in [7, 11) is 0. The van der Waals surface area contributed by atoms with Gasteiger partial charge in [-0.3, -0.25) is 4.57 Å². The number of aromatic nitrogens is 2. The summed E-state index contributed by atoms with van der Waals surface area (Å²) in [6.07, 6.45) is 3.07. The predicted octanol–water partition coefficient (Wildman–Crippen LogP) is 16.1. The molecule has 0 N–H and O–H groups in total. The molecule has 13 aromatic rings. The van der Waals surface area contributed by atoms with Crippen LogP contribution in [0, 0.1) is 5.92 Å². The molecule has 5 heterocycles. The van der Waals surface area contributed by atoms with Gasteiger partial charge < -0.3 is 8.98 Å². The van der Waals surface area contributed by atoms with E-state index in [1.807, 2.05) is 17.4 Å². The Labute approximate surface area is 377 Å². The number of fused-ring (bicyclic) bond motifs is 13. The fourth-order valence-corrected chi connectivity index (χ4v) is 11.6. The molecule has 0 amide bonds. The van der Waals surface area contributed by atoms with E-state index in [1.165, 1.54) is 52.5 Å². The fourth-order valence-electron chi connectivity index (χ4n) is 10.5. The van der Waals surface area contributed by atoms with Gasteiger partial charge in [-0.1, -0.05) is 128 Å². The lowest BCUT2D eigenvalue weighted by Gasteiger charge is -2.21. The van der Waals surface area contributed by atoms with E-state index in [-0.39, 0.29) is 5.92 Å². The van der Waals surface area contributed by atoms with Crippen molar-refractivity contribution < 1.29 is 4.42 Å². The van der Waals surface area contributed by atoms with Gasteiger partial charge in [-0.05, 0) is 83.9 Å². The highest BCUT2D eigenvalue weighted by Crippen LogP contribution is 2.42. The molecule has 6 heteroatoms. The van der Waals surface area contributed by atoms with Gasteiger partial charge in [0.2, 0.25) is 0 Å². The van der Waals surface area contributed by atoms with Crippen molar-refractivity contribution >= 4 is 125 Å². The zero-order chi connectivity index (χ0) is 42.8. The molecule has 9 aromatic carbocycles. The van der Waals surface area contributed by atoms with Crippen LogP contribution in [0.1, 0.15) is 24.5 Å². The highest BCUT2D eigenvalue weighted by molar-refractivity contribution is 7.25. The van der Waals surface area contributed by atoms with E-state index < -0.39 is 0 Å². The Morgan fingerprint density at radius 2 is 1.09 bits per heavy atom. The first-order chi connectivity index (χ1) is 32.1. The minimum absolute atomic E-state index is 0.0296. The molecule has 65 heavy (non-hydrogen) atoms. The van der Waals surface area contributed by atoms with Gasteiger partial charge in [0.1, 0.15) is 17.0 Å². The second kappa shape index (κ2) is 14.0. The molecule has 0 bridgehead atoms. The van der Waals surface area contributed by atoms with Gasteiger partial charge in [-0.2, -0.15) is 0 Å². The van der Waals surface area contributed by atoms with Crippen LogP contribution in [0.3, 0.4) is 0 Å². The summed E-state index contributed by atoms with van der Waals surface area (Å²) >= 11 is 1.83. The van der Waals surface area contributed by atoms with E-state index in [2.05, 4.69) is 204 Å². The summed E-state index contributed by atoms with van der Waals surface area (Å²) in [5, 5.41) is 11.8. The van der Waals surface area contributed by atoms with Gasteiger partial charge in [-0.25, -0.2) is 9.98 Å². The topological polar surface area (TPSA) is 47.7 Å². The second-order valence-electron chi connectivity index (χ2n) is 17.3. The van der Waals surface area contributed by atoms with E-state index in [0.717, 1.165) is 78.8 Å². The number of furan rings is 1. The molecule has 0 radical (unpaired) electrons. The summed E-state index contributed by atoms with van der Waals surface area (Å²) in [4.78, 5) is 11.6. The van der Waals surface area contributed by atoms with E-state index in [4.69, 9.17) is 14.4 Å². The van der Waals surface area contributed by atoms with Gasteiger partial charge in [0.05, 0.1) is 33.5 Å². The zero-order valence-electron chi connectivity index (χ0n) is 35.4. The number of para-hydroxylation sites is 4. The molecule has 306 valence electrons. The van der Waals surface area contributed by atoms with Crippen molar-refractivity contribution in [2.24, 2.45) is 15.9 Å². The largest absolute Gasteiger partial charge is 0.456 e. The molecular formula is C59H38N4OS. The van der Waals surface area contributed by atoms with E-state index in [0.29, 0.717) is 5.84 Å². The molecule has 0 fully saturated rings. The summed E-state index contributed by atoms with van der Waals surface area (Å²) in [6, 6.07) is 67.8. The van der Waals surface area contributed by atoms with Gasteiger partial charge >= 0.3 is 0 Å². The van der Waals surface area contributed by atoms with Crippen LogP contribution in [0.25, 0.3) is 108 Å². The van der Waals surface area contributed by atoms with Crippen molar-refractivity contribution in [3.63, 3.8) is 0 Å². The monoisotopic (exact) mass is 850 g/mol. The summed E-state index contributed by atoms with van der Waals surface area (Å²) in [5.74, 6) is 1.67. The van der Waals surface area contributed by atoms with Crippen molar-refractivity contribution in [1.82, 2.24) is 9.13 Å². The molecule has 1 aliphatic rings. The maximum absolute atomic E-state index is 6.68. The normalized spacial score (nSPS) is 15.7. The van der Waals surface area contributed by atoms with E-state index in [1.54, 1.807) is 0 Å². The Bertz CT molecular complexity index is 4190. The Kier molecular flexibility index (Phi) is 7.83. The third-order valence-corrected chi connectivity index (χ3v) is 14.7. The Morgan fingerprint density at radius 3 is 1.86 bits per heavy atom. The standard InChI is InChI=1S/C59H38N4OS/c1-35-26-28-48(47-33-45-42-19-7-12-24-54(42)64-55(45)34-53(47)62-49-21-9-6-18-41(49)44-30-36-14-2-3-15-37(36)32-52(44)62)60-58(38-27-29-57-46(31-38)43-20-8-13-25-56(43)65-57)61-59(35)63-50-22-10-4-16-39(50)40-17-5-11-23-51(40)63/h2-25,27-35H,26H2,1H3/b48-28+,60-58?,61-59?. The highest BCUT2D eigenvalue weighted by atomic mass is 32.1. The van der Waals surface area contributed by atoms with Gasteiger partial charge in [0.15, 0.2) is 5.84 Å². The van der Waals surface area contributed by atoms with Crippen LogP contribution in [0.2, 0.25) is 0 Å². The number of allylic oxidation sites excluding steroid dienone is 1. The van der Waals surface area contributed by atoms with Crippen LogP contribution in [-0.4, -0.2) is 20.8 Å². The molecule has 4 aromatic heterocycles. The van der Waals surface area contributed by atoms with Crippen LogP contribution < -0.4 is 0 Å².